The highest BCUT2D eigenvalue weighted by atomic mass is 32.2. The lowest BCUT2D eigenvalue weighted by Gasteiger charge is -2.18. The first kappa shape index (κ1) is 14.6. The second-order valence-corrected chi connectivity index (χ2v) is 7.86. The number of para-hydroxylation sites is 1. The Morgan fingerprint density at radius 3 is 2.52 bits per heavy atom. The zero-order chi connectivity index (χ0) is 14.8. The van der Waals surface area contributed by atoms with Crippen LogP contribution in [0.2, 0.25) is 0 Å². The lowest BCUT2D eigenvalue weighted by Crippen LogP contribution is -2.20. The Bertz CT molecular complexity index is 701. The number of aryl methyl sites for hydroxylation is 1. The van der Waals surface area contributed by atoms with Gasteiger partial charge in [-0.3, -0.25) is 0 Å². The smallest absolute Gasteiger partial charge is 0.151 e. The van der Waals surface area contributed by atoms with Gasteiger partial charge < -0.3 is 5.73 Å². The van der Waals surface area contributed by atoms with Gasteiger partial charge in [-0.1, -0.05) is 60.6 Å². The summed E-state index contributed by atoms with van der Waals surface area (Å²) >= 11 is 3.50. The van der Waals surface area contributed by atoms with Crippen molar-refractivity contribution in [3.05, 3.63) is 59.7 Å². The van der Waals surface area contributed by atoms with Gasteiger partial charge in [0.1, 0.15) is 0 Å². The van der Waals surface area contributed by atoms with Crippen LogP contribution in [-0.4, -0.2) is 10.2 Å². The molecule has 0 radical (unpaired) electrons. The Kier molecular flexibility index (Phi) is 4.29. The molecule has 1 aromatic heterocycles. The number of thioether (sulfide) groups is 1. The highest BCUT2D eigenvalue weighted by Gasteiger charge is 2.18. The molecule has 2 nitrogen and oxygen atoms in total. The van der Waals surface area contributed by atoms with Gasteiger partial charge in [-0.15, -0.1) is 11.3 Å². The molecule has 21 heavy (non-hydrogen) atoms. The average Bonchev–Trinajstić information content (AvgIpc) is 2.89. The summed E-state index contributed by atoms with van der Waals surface area (Å²) in [6.07, 6.45) is 0. The van der Waals surface area contributed by atoms with E-state index in [1.54, 1.807) is 23.1 Å². The van der Waals surface area contributed by atoms with E-state index < -0.39 is 0 Å². The van der Waals surface area contributed by atoms with Crippen molar-refractivity contribution in [2.24, 2.45) is 5.73 Å². The molecule has 2 atom stereocenters. The number of aromatic nitrogens is 1. The fourth-order valence-electron chi connectivity index (χ4n) is 2.19. The molecule has 2 aromatic carbocycles. The van der Waals surface area contributed by atoms with E-state index in [4.69, 9.17) is 5.73 Å². The molecule has 108 valence electrons. The minimum atomic E-state index is 0.0163. The zero-order valence-corrected chi connectivity index (χ0v) is 13.7. The van der Waals surface area contributed by atoms with Crippen LogP contribution in [0, 0.1) is 6.92 Å². The van der Waals surface area contributed by atoms with Crippen LogP contribution >= 0.6 is 23.1 Å². The third kappa shape index (κ3) is 3.28. The number of hydrogen-bond donors (Lipinski definition) is 1. The van der Waals surface area contributed by atoms with Gasteiger partial charge in [0, 0.05) is 11.3 Å². The molecule has 4 heteroatoms. The Morgan fingerprint density at radius 2 is 1.81 bits per heavy atom. The molecule has 3 aromatic rings. The molecule has 0 spiro atoms. The summed E-state index contributed by atoms with van der Waals surface area (Å²) in [6, 6.07) is 16.7. The average molecular weight is 314 g/mol. The fourth-order valence-corrected chi connectivity index (χ4v) is 4.58. The van der Waals surface area contributed by atoms with E-state index >= 15 is 0 Å². The highest BCUT2D eigenvalue weighted by Crippen LogP contribution is 2.35. The van der Waals surface area contributed by atoms with Crippen LogP contribution in [0.15, 0.2) is 52.9 Å². The first-order valence-corrected chi connectivity index (χ1v) is 8.67. The minimum absolute atomic E-state index is 0.0163. The summed E-state index contributed by atoms with van der Waals surface area (Å²) in [4.78, 5) is 4.67. The quantitative estimate of drug-likeness (QED) is 0.704. The summed E-state index contributed by atoms with van der Waals surface area (Å²) in [5.74, 6) is 0. The van der Waals surface area contributed by atoms with Crippen molar-refractivity contribution in [3.8, 4) is 0 Å². The van der Waals surface area contributed by atoms with E-state index in [1.807, 2.05) is 6.07 Å². The molecule has 0 saturated carbocycles. The SMILES string of the molecule is Cc1ccc(C(N)C(C)Sc2nc3ccccc3s2)cc1. The second-order valence-electron chi connectivity index (χ2n) is 5.21. The molecule has 2 unspecified atom stereocenters. The van der Waals surface area contributed by atoms with Crippen LogP contribution < -0.4 is 5.73 Å². The van der Waals surface area contributed by atoms with E-state index in [0.29, 0.717) is 0 Å². The molecule has 3 rings (SSSR count). The maximum Gasteiger partial charge on any atom is 0.151 e. The number of thiazole rings is 1. The number of rotatable bonds is 4. The first-order valence-electron chi connectivity index (χ1n) is 6.98. The summed E-state index contributed by atoms with van der Waals surface area (Å²) in [5, 5.41) is 0.285. The second kappa shape index (κ2) is 6.18. The number of hydrogen-bond acceptors (Lipinski definition) is 4. The number of fused-ring (bicyclic) bond motifs is 1. The third-order valence-corrected chi connectivity index (χ3v) is 5.86. The molecule has 2 N–H and O–H groups in total. The van der Waals surface area contributed by atoms with Gasteiger partial charge in [0.25, 0.3) is 0 Å². The fraction of sp³-hybridized carbons (Fsp3) is 0.235. The number of nitrogens with zero attached hydrogens (tertiary/aromatic N) is 1. The van der Waals surface area contributed by atoms with Crippen LogP contribution in [0.5, 0.6) is 0 Å². The van der Waals surface area contributed by atoms with Gasteiger partial charge in [-0.25, -0.2) is 4.98 Å². The molecule has 0 saturated heterocycles. The Hall–Kier alpha value is -1.36. The highest BCUT2D eigenvalue weighted by molar-refractivity contribution is 8.01. The van der Waals surface area contributed by atoms with E-state index in [2.05, 4.69) is 61.3 Å². The van der Waals surface area contributed by atoms with Gasteiger partial charge >= 0.3 is 0 Å². The monoisotopic (exact) mass is 314 g/mol. The van der Waals surface area contributed by atoms with Gasteiger partial charge in [0.15, 0.2) is 4.34 Å². The van der Waals surface area contributed by atoms with Gasteiger partial charge in [-0.05, 0) is 24.6 Å². The topological polar surface area (TPSA) is 38.9 Å². The Morgan fingerprint density at radius 1 is 1.10 bits per heavy atom. The van der Waals surface area contributed by atoms with Gasteiger partial charge in [0.2, 0.25) is 0 Å². The maximum atomic E-state index is 6.39. The molecular formula is C17H18N2S2. The standard InChI is InChI=1S/C17H18N2S2/c1-11-7-9-13(10-8-11)16(18)12(2)20-17-19-14-5-3-4-6-15(14)21-17/h3-10,12,16H,18H2,1-2H3. The van der Waals surface area contributed by atoms with Crippen LogP contribution in [0.3, 0.4) is 0 Å². The Balaban J connectivity index is 1.75. The molecule has 0 aliphatic rings. The van der Waals surface area contributed by atoms with E-state index in [-0.39, 0.29) is 11.3 Å². The molecule has 0 aliphatic carbocycles. The summed E-state index contributed by atoms with van der Waals surface area (Å²) in [6.45, 7) is 4.26. The van der Waals surface area contributed by atoms with Crippen LogP contribution in [0.4, 0.5) is 0 Å². The normalized spacial score (nSPS) is 14.2. The van der Waals surface area contributed by atoms with E-state index in [9.17, 15) is 0 Å². The van der Waals surface area contributed by atoms with Crippen molar-refractivity contribution in [1.82, 2.24) is 4.98 Å². The first-order chi connectivity index (χ1) is 10.1. The zero-order valence-electron chi connectivity index (χ0n) is 12.1. The molecule has 1 heterocycles. The van der Waals surface area contributed by atoms with Crippen molar-refractivity contribution >= 4 is 33.3 Å². The molecular weight excluding hydrogens is 296 g/mol. The van der Waals surface area contributed by atoms with Crippen molar-refractivity contribution in [1.29, 1.82) is 0 Å². The maximum absolute atomic E-state index is 6.39. The predicted octanol–water partition coefficient (Wildman–Crippen LogP) is 4.79. The van der Waals surface area contributed by atoms with Gasteiger partial charge in [-0.2, -0.15) is 0 Å². The van der Waals surface area contributed by atoms with Crippen LogP contribution in [0.1, 0.15) is 24.1 Å². The Labute approximate surface area is 133 Å². The summed E-state index contributed by atoms with van der Waals surface area (Å²) in [7, 11) is 0. The number of nitrogens with two attached hydrogens (primary N) is 1. The molecule has 0 aliphatic heterocycles. The number of benzene rings is 2. The van der Waals surface area contributed by atoms with Crippen molar-refractivity contribution in [2.75, 3.05) is 0 Å². The minimum Gasteiger partial charge on any atom is -0.323 e. The van der Waals surface area contributed by atoms with Crippen molar-refractivity contribution < 1.29 is 0 Å². The predicted molar refractivity (Wildman–Crippen MR) is 93.0 cm³/mol. The third-order valence-electron chi connectivity index (χ3n) is 3.53. The molecule has 0 fully saturated rings. The molecule has 0 amide bonds. The summed E-state index contributed by atoms with van der Waals surface area (Å²) < 4.78 is 2.32. The largest absolute Gasteiger partial charge is 0.323 e. The van der Waals surface area contributed by atoms with Crippen LogP contribution in [0.25, 0.3) is 10.2 Å². The van der Waals surface area contributed by atoms with Gasteiger partial charge in [0.05, 0.1) is 10.2 Å². The molecule has 0 bridgehead atoms. The lowest BCUT2D eigenvalue weighted by atomic mass is 10.0. The van der Waals surface area contributed by atoms with Crippen molar-refractivity contribution in [2.45, 2.75) is 29.5 Å². The summed E-state index contributed by atoms with van der Waals surface area (Å²) in [5.41, 5.74) is 9.90. The van der Waals surface area contributed by atoms with E-state index in [1.165, 1.54) is 15.8 Å². The van der Waals surface area contributed by atoms with Crippen molar-refractivity contribution in [3.63, 3.8) is 0 Å². The van der Waals surface area contributed by atoms with E-state index in [0.717, 1.165) is 9.86 Å². The lowest BCUT2D eigenvalue weighted by molar-refractivity contribution is 0.714. The van der Waals surface area contributed by atoms with Crippen LogP contribution in [-0.2, 0) is 0 Å².